The summed E-state index contributed by atoms with van der Waals surface area (Å²) >= 11 is 0. The summed E-state index contributed by atoms with van der Waals surface area (Å²) in [6.07, 6.45) is 10.5. The average Bonchev–Trinajstić information content (AvgIpc) is 3.32. The molecule has 0 saturated carbocycles. The molecule has 0 aromatic carbocycles. The number of imidazole rings is 2. The molecule has 2 N–H and O–H groups in total. The maximum atomic E-state index is 10.2. The van der Waals surface area contributed by atoms with Crippen LogP contribution in [0.15, 0.2) is 47.4 Å². The van der Waals surface area contributed by atoms with Gasteiger partial charge in [-0.1, -0.05) is 0 Å². The Hall–Kier alpha value is -3.40. The van der Waals surface area contributed by atoms with E-state index in [0.29, 0.717) is 13.1 Å². The van der Waals surface area contributed by atoms with Crippen LogP contribution in [0.1, 0.15) is 39.8 Å². The van der Waals surface area contributed by atoms with Crippen molar-refractivity contribution >= 4 is 11.4 Å². The molecule has 1 radical (unpaired) electrons. The van der Waals surface area contributed by atoms with E-state index in [9.17, 15) is 10.2 Å². The van der Waals surface area contributed by atoms with E-state index in [1.807, 2.05) is 83.7 Å². The predicted molar refractivity (Wildman–Crippen MR) is 129 cm³/mol. The standard InChI is InChI=1S/C20H34N6O2.Cu.2NO3/c1-15(19(17(3)27)25-11-9-23(5)13-25)21-7-8-22-16(2)20(18(4)28)26-12-10-24(6)14-26;;2*2-1(3)4/h9-14,17-20,27-28H,7-8H2,1-6H3;;;/q+2;;2*-1. The Morgan fingerprint density at radius 1 is 0.811 bits per heavy atom. The summed E-state index contributed by atoms with van der Waals surface area (Å²) in [6.45, 7) is 8.49. The van der Waals surface area contributed by atoms with Gasteiger partial charge in [0.15, 0.2) is 12.1 Å². The van der Waals surface area contributed by atoms with Crippen molar-refractivity contribution in [3.05, 3.63) is 68.1 Å². The quantitative estimate of drug-likeness (QED) is 0.102. The first-order valence-corrected chi connectivity index (χ1v) is 10.7. The molecule has 4 atom stereocenters. The Balaban J connectivity index is 0. The number of aliphatic imine (C=N–C) groups is 2. The third-order valence-electron chi connectivity index (χ3n) is 4.81. The van der Waals surface area contributed by atoms with Crippen LogP contribution >= 0.6 is 0 Å². The molecule has 0 saturated heterocycles. The van der Waals surface area contributed by atoms with Gasteiger partial charge < -0.3 is 40.9 Å². The molecular formula is C20H34CuN8O8. The van der Waals surface area contributed by atoms with Gasteiger partial charge in [0.25, 0.3) is 0 Å². The van der Waals surface area contributed by atoms with Gasteiger partial charge in [-0.05, 0) is 27.7 Å². The van der Waals surface area contributed by atoms with Crippen molar-refractivity contribution in [2.45, 2.75) is 52.0 Å². The Bertz CT molecular complexity index is 933. The number of hydrogen-bond donors (Lipinski definition) is 2. The van der Waals surface area contributed by atoms with E-state index >= 15 is 0 Å². The zero-order valence-electron chi connectivity index (χ0n) is 21.4. The summed E-state index contributed by atoms with van der Waals surface area (Å²) in [5.41, 5.74) is 1.73. The molecule has 4 unspecified atom stereocenters. The van der Waals surface area contributed by atoms with E-state index < -0.39 is 22.4 Å². The fourth-order valence-corrected chi connectivity index (χ4v) is 3.54. The largest absolute Gasteiger partial charge is 0.389 e. The van der Waals surface area contributed by atoms with Crippen LogP contribution in [0.2, 0.25) is 0 Å². The van der Waals surface area contributed by atoms with E-state index in [-0.39, 0.29) is 29.2 Å². The Labute approximate surface area is 224 Å². The third-order valence-corrected chi connectivity index (χ3v) is 4.81. The van der Waals surface area contributed by atoms with Gasteiger partial charge in [0.2, 0.25) is 12.7 Å². The summed E-state index contributed by atoms with van der Waals surface area (Å²) in [5, 5.41) is 49.9. The molecule has 0 fully saturated rings. The first-order valence-electron chi connectivity index (χ1n) is 10.7. The Morgan fingerprint density at radius 3 is 1.27 bits per heavy atom. The second-order valence-electron chi connectivity index (χ2n) is 7.92. The first-order chi connectivity index (χ1) is 16.7. The molecule has 2 heterocycles. The fraction of sp³-hybridized carbons (Fsp3) is 0.600. The number of aliphatic hydroxyl groups excluding tert-OH is 2. The van der Waals surface area contributed by atoms with E-state index in [1.54, 1.807) is 13.8 Å². The average molecular weight is 578 g/mol. The fourth-order valence-electron chi connectivity index (χ4n) is 3.54. The molecule has 2 rings (SSSR count). The molecule has 0 bridgehead atoms. The molecule has 2 aromatic heterocycles. The SMILES string of the molecule is CC(=NCCN=C(C)C(C(C)O)n1cc[n+](C)c1)C(C(C)O)n1cc[n+](C)c1.O=[N+]([O-])[O-].O=[N+]([O-])[O-].[Cu]. The molecule has 0 aliphatic heterocycles. The van der Waals surface area contributed by atoms with Crippen molar-refractivity contribution in [2.75, 3.05) is 13.1 Å². The van der Waals surface area contributed by atoms with E-state index in [0.717, 1.165) is 11.4 Å². The third kappa shape index (κ3) is 14.7. The number of aliphatic hydroxyl groups is 2. The zero-order chi connectivity index (χ0) is 28.0. The van der Waals surface area contributed by atoms with Crippen molar-refractivity contribution < 1.29 is 46.6 Å². The number of rotatable bonds is 9. The minimum absolute atomic E-state index is 0. The molecule has 0 aliphatic carbocycles. The molecule has 16 nitrogen and oxygen atoms in total. The van der Waals surface area contributed by atoms with Crippen molar-refractivity contribution in [1.29, 1.82) is 0 Å². The summed E-state index contributed by atoms with van der Waals surface area (Å²) in [6, 6.07) is -0.396. The second-order valence-corrected chi connectivity index (χ2v) is 7.92. The topological polar surface area (TPSA) is 215 Å². The van der Waals surface area contributed by atoms with Gasteiger partial charge in [-0.2, -0.15) is 0 Å². The van der Waals surface area contributed by atoms with Gasteiger partial charge >= 0.3 is 0 Å². The minimum Gasteiger partial charge on any atom is -0.389 e. The maximum absolute atomic E-state index is 10.2. The number of aryl methyl sites for hydroxylation is 2. The number of aromatic nitrogens is 4. The van der Waals surface area contributed by atoms with Crippen LogP contribution in [-0.4, -0.2) is 66.2 Å². The van der Waals surface area contributed by atoms with E-state index in [4.69, 9.17) is 30.6 Å². The molecule has 37 heavy (non-hydrogen) atoms. The molecule has 0 amide bonds. The van der Waals surface area contributed by atoms with Gasteiger partial charge in [0, 0.05) is 17.1 Å². The van der Waals surface area contributed by atoms with E-state index in [1.165, 1.54) is 0 Å². The molecule has 213 valence electrons. The van der Waals surface area contributed by atoms with Crippen molar-refractivity contribution in [3.8, 4) is 0 Å². The molecular weight excluding hydrogens is 544 g/mol. The number of nitrogens with zero attached hydrogens (tertiary/aromatic N) is 8. The molecule has 0 aliphatic rings. The smallest absolute Gasteiger partial charge is 0.244 e. The van der Waals surface area contributed by atoms with Gasteiger partial charge in [0.05, 0.1) is 61.0 Å². The van der Waals surface area contributed by atoms with Crippen molar-refractivity contribution in [3.63, 3.8) is 0 Å². The summed E-state index contributed by atoms with van der Waals surface area (Å²) in [5.74, 6) is 0. The van der Waals surface area contributed by atoms with Crippen molar-refractivity contribution in [1.82, 2.24) is 9.13 Å². The Kier molecular flexibility index (Phi) is 17.3. The number of hydrogen-bond acceptors (Lipinski definition) is 10. The van der Waals surface area contributed by atoms with Crippen LogP contribution in [0.4, 0.5) is 0 Å². The van der Waals surface area contributed by atoms with Crippen LogP contribution in [0.5, 0.6) is 0 Å². The first kappa shape index (κ1) is 35.8. The Morgan fingerprint density at radius 2 is 1.08 bits per heavy atom. The normalized spacial score (nSPS) is 14.5. The van der Waals surface area contributed by atoms with Crippen LogP contribution in [0.25, 0.3) is 0 Å². The summed E-state index contributed by atoms with van der Waals surface area (Å²) in [4.78, 5) is 25.8. The maximum Gasteiger partial charge on any atom is 0.244 e. The summed E-state index contributed by atoms with van der Waals surface area (Å²) < 4.78 is 7.81. The van der Waals surface area contributed by atoms with Gasteiger partial charge in [-0.3, -0.25) is 9.98 Å². The minimum atomic E-state index is -1.75. The van der Waals surface area contributed by atoms with Crippen LogP contribution in [-0.2, 0) is 31.2 Å². The molecule has 2 aromatic rings. The molecule has 0 spiro atoms. The van der Waals surface area contributed by atoms with Crippen molar-refractivity contribution in [2.24, 2.45) is 24.1 Å². The zero-order valence-corrected chi connectivity index (χ0v) is 22.4. The second kappa shape index (κ2) is 17.9. The van der Waals surface area contributed by atoms with Gasteiger partial charge in [0.1, 0.15) is 24.8 Å². The van der Waals surface area contributed by atoms with Crippen LogP contribution in [0.3, 0.4) is 0 Å². The van der Waals surface area contributed by atoms with Crippen LogP contribution in [0, 0.1) is 30.6 Å². The molecule has 17 heteroatoms. The van der Waals surface area contributed by atoms with E-state index in [2.05, 4.69) is 9.98 Å². The van der Waals surface area contributed by atoms with Crippen LogP contribution < -0.4 is 9.13 Å². The van der Waals surface area contributed by atoms with Gasteiger partial charge in [-0.15, -0.1) is 0 Å². The van der Waals surface area contributed by atoms with Gasteiger partial charge in [-0.25, -0.2) is 18.3 Å². The monoisotopic (exact) mass is 577 g/mol. The predicted octanol–water partition coefficient (Wildman–Crippen LogP) is -0.0763. The summed E-state index contributed by atoms with van der Waals surface area (Å²) in [7, 11) is 3.89.